The van der Waals surface area contributed by atoms with Gasteiger partial charge in [0.25, 0.3) is 0 Å². The van der Waals surface area contributed by atoms with Gasteiger partial charge in [0.1, 0.15) is 11.1 Å². The summed E-state index contributed by atoms with van der Waals surface area (Å²) in [5.41, 5.74) is 4.69. The number of amides is 1. The molecule has 1 unspecified atom stereocenters. The third-order valence-electron chi connectivity index (χ3n) is 5.94. The predicted octanol–water partition coefficient (Wildman–Crippen LogP) is 6.53. The van der Waals surface area contributed by atoms with Gasteiger partial charge < -0.3 is 0 Å². The average molecular weight is 458 g/mol. The number of para-hydroxylation sites is 2. The van der Waals surface area contributed by atoms with Crippen LogP contribution in [-0.4, -0.2) is 16.1 Å². The Bertz CT molecular complexity index is 1190. The van der Waals surface area contributed by atoms with E-state index in [1.54, 1.807) is 11.8 Å². The molecule has 0 N–H and O–H groups in total. The summed E-state index contributed by atoms with van der Waals surface area (Å²) >= 11 is 3.12. The number of thioether (sulfide) groups is 1. The van der Waals surface area contributed by atoms with Gasteiger partial charge in [0.15, 0.2) is 0 Å². The molecule has 2 heterocycles. The van der Waals surface area contributed by atoms with Crippen LogP contribution in [0.5, 0.6) is 0 Å². The zero-order chi connectivity index (χ0) is 22.1. The Morgan fingerprint density at radius 1 is 1.12 bits per heavy atom. The summed E-state index contributed by atoms with van der Waals surface area (Å²) in [6.45, 7) is 2.02. The summed E-state index contributed by atoms with van der Waals surface area (Å²) in [5, 5.41) is 10.1. The Hall–Kier alpha value is -2.75. The molecule has 2 aromatic carbocycles. The van der Waals surface area contributed by atoms with Crippen LogP contribution in [0.2, 0.25) is 0 Å². The molecular formula is C26H23N3OS2. The number of pyridine rings is 1. The molecule has 1 aliphatic heterocycles. The van der Waals surface area contributed by atoms with Crippen molar-refractivity contribution in [3.8, 4) is 6.07 Å². The molecular weight excluding hydrogens is 434 g/mol. The monoisotopic (exact) mass is 457 g/mol. The number of hydrogen-bond donors (Lipinski definition) is 0. The Labute approximate surface area is 197 Å². The largest absolute Gasteiger partial charge is 0.278 e. The zero-order valence-corrected chi connectivity index (χ0v) is 19.5. The van der Waals surface area contributed by atoms with E-state index in [1.165, 1.54) is 17.3 Å². The van der Waals surface area contributed by atoms with Gasteiger partial charge in [-0.2, -0.15) is 5.26 Å². The number of nitrogens with zero attached hydrogens (tertiary/aromatic N) is 3. The van der Waals surface area contributed by atoms with Crippen LogP contribution < -0.4 is 4.90 Å². The second kappa shape index (κ2) is 9.01. The lowest BCUT2D eigenvalue weighted by atomic mass is 9.95. The van der Waals surface area contributed by atoms with Crippen molar-refractivity contribution < 1.29 is 4.79 Å². The molecule has 160 valence electrons. The first-order chi connectivity index (χ1) is 15.7. The van der Waals surface area contributed by atoms with Crippen molar-refractivity contribution >= 4 is 40.8 Å². The van der Waals surface area contributed by atoms with E-state index in [0.717, 1.165) is 52.5 Å². The van der Waals surface area contributed by atoms with Crippen LogP contribution in [-0.2, 0) is 17.6 Å². The summed E-state index contributed by atoms with van der Waals surface area (Å²) in [7, 11) is 0. The van der Waals surface area contributed by atoms with Gasteiger partial charge in [0, 0.05) is 15.5 Å². The summed E-state index contributed by atoms with van der Waals surface area (Å²) in [4.78, 5) is 22.8. The summed E-state index contributed by atoms with van der Waals surface area (Å²) in [6.07, 6.45) is 4.86. The Balaban J connectivity index is 1.52. The van der Waals surface area contributed by atoms with Crippen molar-refractivity contribution in [3.05, 3.63) is 71.4 Å². The first kappa shape index (κ1) is 21.1. The molecule has 0 bridgehead atoms. The topological polar surface area (TPSA) is 57.0 Å². The molecule has 3 aromatic rings. The standard InChI is InChI=1S/C26H23N3OS2/c1-2-22(32-25-18(16-27)15-17-9-3-4-10-19(17)28-25)26(30)29-20-11-5-7-13-23(20)31-24-14-8-6-12-21(24)29/h5-8,11-15,22H,2-4,9-10H2,1H3. The molecule has 1 amide bonds. The van der Waals surface area contributed by atoms with Gasteiger partial charge in [-0.3, -0.25) is 9.69 Å². The normalized spacial score (nSPS) is 15.2. The number of nitriles is 1. The quantitative estimate of drug-likeness (QED) is 0.417. The lowest BCUT2D eigenvalue weighted by Crippen LogP contribution is -2.35. The molecule has 2 aliphatic rings. The van der Waals surface area contributed by atoms with Crippen LogP contribution in [0, 0.1) is 11.3 Å². The third-order valence-corrected chi connectivity index (χ3v) is 8.42. The summed E-state index contributed by atoms with van der Waals surface area (Å²) in [5.74, 6) is 0.0288. The number of rotatable bonds is 4. The van der Waals surface area contributed by atoms with Gasteiger partial charge in [-0.15, -0.1) is 0 Å². The van der Waals surface area contributed by atoms with E-state index in [-0.39, 0.29) is 11.2 Å². The van der Waals surface area contributed by atoms with Crippen molar-refractivity contribution in [2.24, 2.45) is 0 Å². The minimum absolute atomic E-state index is 0.0288. The fourth-order valence-electron chi connectivity index (χ4n) is 4.31. The van der Waals surface area contributed by atoms with E-state index in [0.29, 0.717) is 17.0 Å². The van der Waals surface area contributed by atoms with Gasteiger partial charge in [-0.05, 0) is 68.0 Å². The Kier molecular flexibility index (Phi) is 5.95. The van der Waals surface area contributed by atoms with Gasteiger partial charge in [0.05, 0.1) is 22.2 Å². The van der Waals surface area contributed by atoms with Gasteiger partial charge in [-0.1, -0.05) is 54.7 Å². The van der Waals surface area contributed by atoms with Crippen molar-refractivity contribution in [1.29, 1.82) is 5.26 Å². The zero-order valence-electron chi connectivity index (χ0n) is 17.9. The van der Waals surface area contributed by atoms with Crippen LogP contribution in [0.4, 0.5) is 11.4 Å². The van der Waals surface area contributed by atoms with Crippen molar-refractivity contribution in [2.45, 2.75) is 59.1 Å². The number of hydrogen-bond acceptors (Lipinski definition) is 5. The molecule has 0 saturated carbocycles. The molecule has 1 atom stereocenters. The highest BCUT2D eigenvalue weighted by atomic mass is 32.2. The van der Waals surface area contributed by atoms with Gasteiger partial charge in [-0.25, -0.2) is 4.98 Å². The third kappa shape index (κ3) is 3.80. The Morgan fingerprint density at radius 3 is 2.44 bits per heavy atom. The van der Waals surface area contributed by atoms with E-state index in [9.17, 15) is 10.1 Å². The highest BCUT2D eigenvalue weighted by Gasteiger charge is 2.33. The highest BCUT2D eigenvalue weighted by molar-refractivity contribution is 8.00. The lowest BCUT2D eigenvalue weighted by Gasteiger charge is -2.33. The maximum absolute atomic E-state index is 13.9. The second-order valence-corrected chi connectivity index (χ2v) is 10.3. The van der Waals surface area contributed by atoms with Crippen molar-refractivity contribution in [3.63, 3.8) is 0 Å². The first-order valence-corrected chi connectivity index (χ1v) is 12.7. The highest BCUT2D eigenvalue weighted by Crippen LogP contribution is 2.49. The molecule has 0 fully saturated rings. The maximum atomic E-state index is 13.9. The molecule has 6 heteroatoms. The molecule has 0 saturated heterocycles. The van der Waals surface area contributed by atoms with E-state index in [2.05, 4.69) is 18.2 Å². The van der Waals surface area contributed by atoms with Crippen molar-refractivity contribution in [1.82, 2.24) is 4.98 Å². The molecule has 0 spiro atoms. The number of benzene rings is 2. The number of anilines is 2. The van der Waals surface area contributed by atoms with E-state index in [1.807, 2.05) is 54.3 Å². The lowest BCUT2D eigenvalue weighted by molar-refractivity contribution is -0.117. The molecule has 4 nitrogen and oxygen atoms in total. The molecule has 1 aromatic heterocycles. The fraction of sp³-hybridized carbons (Fsp3) is 0.269. The van der Waals surface area contributed by atoms with Crippen LogP contribution in [0.3, 0.4) is 0 Å². The van der Waals surface area contributed by atoms with E-state index < -0.39 is 0 Å². The van der Waals surface area contributed by atoms with Gasteiger partial charge >= 0.3 is 0 Å². The van der Waals surface area contributed by atoms with Crippen LogP contribution >= 0.6 is 23.5 Å². The fourth-order valence-corrected chi connectivity index (χ4v) is 6.41. The van der Waals surface area contributed by atoms with Gasteiger partial charge in [0.2, 0.25) is 5.91 Å². The molecule has 0 radical (unpaired) electrons. The first-order valence-electron chi connectivity index (χ1n) is 11.0. The van der Waals surface area contributed by atoms with Crippen LogP contribution in [0.1, 0.15) is 43.0 Å². The van der Waals surface area contributed by atoms with Crippen LogP contribution in [0.15, 0.2) is 69.4 Å². The minimum atomic E-state index is -0.333. The minimum Gasteiger partial charge on any atom is -0.278 e. The van der Waals surface area contributed by atoms with Crippen LogP contribution in [0.25, 0.3) is 0 Å². The molecule has 32 heavy (non-hydrogen) atoms. The smallest absolute Gasteiger partial charge is 0.245 e. The summed E-state index contributed by atoms with van der Waals surface area (Å²) in [6, 6.07) is 20.4. The molecule has 1 aliphatic carbocycles. The maximum Gasteiger partial charge on any atom is 0.245 e. The second-order valence-electron chi connectivity index (χ2n) is 7.99. The number of carbonyl (C=O) groups is 1. The number of aromatic nitrogens is 1. The number of fused-ring (bicyclic) bond motifs is 3. The Morgan fingerprint density at radius 2 is 1.78 bits per heavy atom. The number of aryl methyl sites for hydroxylation is 2. The predicted molar refractivity (Wildman–Crippen MR) is 130 cm³/mol. The van der Waals surface area contributed by atoms with E-state index >= 15 is 0 Å². The average Bonchev–Trinajstić information content (AvgIpc) is 2.84. The molecule has 5 rings (SSSR count). The van der Waals surface area contributed by atoms with E-state index in [4.69, 9.17) is 4.98 Å². The number of carbonyl (C=O) groups excluding carboxylic acids is 1. The van der Waals surface area contributed by atoms with Crippen molar-refractivity contribution in [2.75, 3.05) is 4.90 Å². The SMILES string of the molecule is CCC(Sc1nc2c(cc1C#N)CCCC2)C(=O)N1c2ccccc2Sc2ccccc21. The summed E-state index contributed by atoms with van der Waals surface area (Å²) < 4.78 is 0.